The van der Waals surface area contributed by atoms with Gasteiger partial charge in [0.15, 0.2) is 4.80 Å². The minimum Gasteiger partial charge on any atom is -0.506 e. The standard InChI is InChI=1S/C23H17Br2FN2O4S/c1-3-32-22(31)18-11(2)27-23-28(19(18)12-4-6-15(26)7-5-12)21(30)17(33-23)9-13-8-14(24)10-16(25)20(13)29/h4-10,19,29H,3H2,1-2H3/b17-9-/t19-/m0/s1. The molecule has 0 amide bonds. The summed E-state index contributed by atoms with van der Waals surface area (Å²) in [6.07, 6.45) is 1.57. The number of ether oxygens (including phenoxy) is 1. The Labute approximate surface area is 208 Å². The number of hydrogen-bond donors (Lipinski definition) is 1. The summed E-state index contributed by atoms with van der Waals surface area (Å²) in [6.45, 7) is 3.53. The average Bonchev–Trinajstić information content (AvgIpc) is 3.06. The molecular weight excluding hydrogens is 579 g/mol. The van der Waals surface area contributed by atoms with Gasteiger partial charge in [0.2, 0.25) is 0 Å². The predicted molar refractivity (Wildman–Crippen MR) is 130 cm³/mol. The van der Waals surface area contributed by atoms with Crippen molar-refractivity contribution in [2.75, 3.05) is 6.61 Å². The molecule has 6 nitrogen and oxygen atoms in total. The molecule has 0 aliphatic carbocycles. The summed E-state index contributed by atoms with van der Waals surface area (Å²) in [5, 5.41) is 10.4. The van der Waals surface area contributed by atoms with E-state index in [0.717, 1.165) is 15.8 Å². The van der Waals surface area contributed by atoms with E-state index >= 15 is 0 Å². The monoisotopic (exact) mass is 594 g/mol. The van der Waals surface area contributed by atoms with E-state index in [-0.39, 0.29) is 17.9 Å². The van der Waals surface area contributed by atoms with Gasteiger partial charge in [0, 0.05) is 10.0 Å². The van der Waals surface area contributed by atoms with Gasteiger partial charge in [-0.15, -0.1) is 0 Å². The Morgan fingerprint density at radius 2 is 2.00 bits per heavy atom. The molecule has 2 aromatic carbocycles. The molecule has 0 saturated carbocycles. The molecule has 0 fully saturated rings. The zero-order valence-electron chi connectivity index (χ0n) is 17.4. The summed E-state index contributed by atoms with van der Waals surface area (Å²) < 4.78 is 21.8. The van der Waals surface area contributed by atoms with Crippen molar-refractivity contribution in [1.82, 2.24) is 4.57 Å². The van der Waals surface area contributed by atoms with Gasteiger partial charge >= 0.3 is 5.97 Å². The molecule has 10 heteroatoms. The van der Waals surface area contributed by atoms with E-state index in [1.165, 1.54) is 28.8 Å². The van der Waals surface area contributed by atoms with Crippen molar-refractivity contribution in [3.05, 3.63) is 93.2 Å². The summed E-state index contributed by atoms with van der Waals surface area (Å²) in [7, 11) is 0. The second-order valence-electron chi connectivity index (χ2n) is 7.18. The topological polar surface area (TPSA) is 80.9 Å². The Bertz CT molecular complexity index is 1480. The lowest BCUT2D eigenvalue weighted by atomic mass is 9.96. The molecule has 1 aromatic heterocycles. The van der Waals surface area contributed by atoms with Crippen LogP contribution in [-0.4, -0.2) is 22.2 Å². The van der Waals surface area contributed by atoms with Crippen LogP contribution in [0.2, 0.25) is 0 Å². The number of hydrogen-bond acceptors (Lipinski definition) is 6. The summed E-state index contributed by atoms with van der Waals surface area (Å²) in [4.78, 5) is 31.2. The number of carbonyl (C=O) groups excluding carboxylic acids is 1. The Morgan fingerprint density at radius 1 is 1.30 bits per heavy atom. The van der Waals surface area contributed by atoms with Gasteiger partial charge in [-0.1, -0.05) is 39.4 Å². The van der Waals surface area contributed by atoms with E-state index in [9.17, 15) is 19.1 Å². The van der Waals surface area contributed by atoms with Crippen LogP contribution in [0.5, 0.6) is 5.75 Å². The Kier molecular flexibility index (Phi) is 6.69. The fourth-order valence-electron chi connectivity index (χ4n) is 3.59. The van der Waals surface area contributed by atoms with Crippen LogP contribution in [0.3, 0.4) is 0 Å². The number of benzene rings is 2. The van der Waals surface area contributed by atoms with E-state index in [1.54, 1.807) is 32.1 Å². The highest BCUT2D eigenvalue weighted by atomic mass is 79.9. The van der Waals surface area contributed by atoms with Crippen molar-refractivity contribution in [1.29, 1.82) is 0 Å². The Balaban J connectivity index is 1.98. The largest absolute Gasteiger partial charge is 0.506 e. The molecule has 1 aliphatic rings. The van der Waals surface area contributed by atoms with Crippen molar-refractivity contribution in [3.63, 3.8) is 0 Å². The average molecular weight is 596 g/mol. The minimum absolute atomic E-state index is 0.0116. The fourth-order valence-corrected chi connectivity index (χ4v) is 5.88. The lowest BCUT2D eigenvalue weighted by Gasteiger charge is -2.24. The number of rotatable bonds is 4. The van der Waals surface area contributed by atoms with Crippen molar-refractivity contribution < 1.29 is 19.0 Å². The first kappa shape index (κ1) is 23.6. The number of aromatic hydroxyl groups is 1. The summed E-state index contributed by atoms with van der Waals surface area (Å²) in [5.74, 6) is -1.03. The Morgan fingerprint density at radius 3 is 2.67 bits per heavy atom. The first-order chi connectivity index (χ1) is 15.7. The molecule has 1 atom stereocenters. The number of aromatic nitrogens is 1. The second kappa shape index (κ2) is 9.36. The third-order valence-electron chi connectivity index (χ3n) is 5.05. The van der Waals surface area contributed by atoms with Gasteiger partial charge in [-0.05, 0) is 65.7 Å². The number of nitrogens with zero attached hydrogens (tertiary/aromatic N) is 2. The van der Waals surface area contributed by atoms with Crippen molar-refractivity contribution in [3.8, 4) is 5.75 Å². The number of allylic oxidation sites excluding steroid dienone is 1. The first-order valence-corrected chi connectivity index (χ1v) is 12.2. The van der Waals surface area contributed by atoms with Crippen LogP contribution in [0.1, 0.15) is 31.0 Å². The van der Waals surface area contributed by atoms with E-state index in [1.807, 2.05) is 0 Å². The minimum atomic E-state index is -0.828. The predicted octanol–water partition coefficient (Wildman–Crippen LogP) is 4.17. The molecule has 4 rings (SSSR count). The number of thiazole rings is 1. The summed E-state index contributed by atoms with van der Waals surface area (Å²) in [6, 6.07) is 8.17. The van der Waals surface area contributed by atoms with Crippen molar-refractivity contribution >= 4 is 55.2 Å². The van der Waals surface area contributed by atoms with Crippen molar-refractivity contribution in [2.45, 2.75) is 19.9 Å². The molecule has 2 heterocycles. The zero-order chi connectivity index (χ0) is 23.9. The molecule has 3 aromatic rings. The molecule has 0 radical (unpaired) electrons. The normalized spacial score (nSPS) is 15.9. The van der Waals surface area contributed by atoms with E-state index in [4.69, 9.17) is 4.74 Å². The first-order valence-electron chi connectivity index (χ1n) is 9.84. The third kappa shape index (κ3) is 4.47. The van der Waals surface area contributed by atoms with Crippen LogP contribution in [-0.2, 0) is 9.53 Å². The molecule has 170 valence electrons. The SMILES string of the molecule is CCOC(=O)C1=C(C)N=c2s/c(=C\c3cc(Br)cc(Br)c3O)c(=O)n2[C@H]1c1ccc(F)cc1. The fraction of sp³-hybridized carbons (Fsp3) is 0.174. The number of phenols is 1. The molecule has 0 spiro atoms. The molecule has 0 unspecified atom stereocenters. The maximum Gasteiger partial charge on any atom is 0.338 e. The van der Waals surface area contributed by atoms with E-state index in [2.05, 4.69) is 36.9 Å². The smallest absolute Gasteiger partial charge is 0.338 e. The highest BCUT2D eigenvalue weighted by Crippen LogP contribution is 2.33. The van der Waals surface area contributed by atoms with Crippen LogP contribution < -0.4 is 14.9 Å². The van der Waals surface area contributed by atoms with Gasteiger partial charge in [0.1, 0.15) is 11.6 Å². The highest BCUT2D eigenvalue weighted by Gasteiger charge is 2.33. The molecule has 1 aliphatic heterocycles. The summed E-state index contributed by atoms with van der Waals surface area (Å²) in [5.41, 5.74) is 1.23. The zero-order valence-corrected chi connectivity index (χ0v) is 21.4. The van der Waals surface area contributed by atoms with Crippen LogP contribution in [0.15, 0.2) is 66.4 Å². The molecule has 1 N–H and O–H groups in total. The molecular formula is C23H17Br2FN2O4S. The van der Waals surface area contributed by atoms with Crippen LogP contribution in [0, 0.1) is 5.82 Å². The van der Waals surface area contributed by atoms with E-state index in [0.29, 0.717) is 30.6 Å². The third-order valence-corrected chi connectivity index (χ3v) is 7.09. The highest BCUT2D eigenvalue weighted by molar-refractivity contribution is 9.11. The number of carbonyl (C=O) groups is 1. The molecule has 0 bridgehead atoms. The number of esters is 1. The quantitative estimate of drug-likeness (QED) is 0.459. The van der Waals surface area contributed by atoms with Crippen LogP contribution >= 0.6 is 43.2 Å². The lowest BCUT2D eigenvalue weighted by Crippen LogP contribution is -2.39. The number of halogens is 3. The molecule has 0 saturated heterocycles. The molecule has 33 heavy (non-hydrogen) atoms. The second-order valence-corrected chi connectivity index (χ2v) is 9.96. The van der Waals surface area contributed by atoms with Crippen molar-refractivity contribution in [2.24, 2.45) is 4.99 Å². The van der Waals surface area contributed by atoms with Crippen LogP contribution in [0.4, 0.5) is 4.39 Å². The van der Waals surface area contributed by atoms with Gasteiger partial charge in [-0.25, -0.2) is 14.2 Å². The summed E-state index contributed by atoms with van der Waals surface area (Å²) >= 11 is 7.81. The maximum absolute atomic E-state index is 13.6. The van der Waals surface area contributed by atoms with Crippen LogP contribution in [0.25, 0.3) is 6.08 Å². The van der Waals surface area contributed by atoms with Gasteiger partial charge in [-0.3, -0.25) is 9.36 Å². The van der Waals surface area contributed by atoms with Gasteiger partial charge in [-0.2, -0.15) is 0 Å². The number of fused-ring (bicyclic) bond motifs is 1. The van der Waals surface area contributed by atoms with E-state index < -0.39 is 23.4 Å². The van der Waals surface area contributed by atoms with Gasteiger partial charge in [0.25, 0.3) is 5.56 Å². The Hall–Kier alpha value is -2.56. The lowest BCUT2D eigenvalue weighted by molar-refractivity contribution is -0.139. The van der Waals surface area contributed by atoms with Gasteiger partial charge in [0.05, 0.1) is 32.9 Å². The maximum atomic E-state index is 13.6. The number of phenolic OH excluding ortho intramolecular Hbond substituents is 1. The van der Waals surface area contributed by atoms with Gasteiger partial charge < -0.3 is 9.84 Å².